The summed E-state index contributed by atoms with van der Waals surface area (Å²) in [5, 5.41) is 8.23. The van der Waals surface area contributed by atoms with Gasteiger partial charge in [0, 0.05) is 12.7 Å². The van der Waals surface area contributed by atoms with Gasteiger partial charge in [-0.15, -0.1) is 0 Å². The van der Waals surface area contributed by atoms with Gasteiger partial charge in [0.2, 0.25) is 0 Å². The number of benzene rings is 1. The fraction of sp³-hybridized carbons (Fsp3) is 0.250. The van der Waals surface area contributed by atoms with Crippen LogP contribution in [0.5, 0.6) is 0 Å². The van der Waals surface area contributed by atoms with E-state index < -0.39 is 0 Å². The fourth-order valence-corrected chi connectivity index (χ4v) is 2.25. The third-order valence-electron chi connectivity index (χ3n) is 2.52. The topological polar surface area (TPSA) is 61.8 Å². The monoisotopic (exact) mass is 263 g/mol. The van der Waals surface area contributed by atoms with Crippen LogP contribution in [0.3, 0.4) is 0 Å². The van der Waals surface area contributed by atoms with Gasteiger partial charge in [0.1, 0.15) is 0 Å². The van der Waals surface area contributed by atoms with Gasteiger partial charge in [-0.2, -0.15) is 5.10 Å². The van der Waals surface area contributed by atoms with Crippen LogP contribution in [-0.4, -0.2) is 34.7 Å². The molecule has 0 fully saturated rings. The SMILES string of the molecule is Cc1ccccc1NC(=O)C1=NN(C)C(=O)CS1. The fourth-order valence-electron chi connectivity index (χ4n) is 1.44. The van der Waals surface area contributed by atoms with Gasteiger partial charge in [-0.3, -0.25) is 9.59 Å². The molecule has 0 radical (unpaired) electrons. The highest BCUT2D eigenvalue weighted by atomic mass is 32.2. The molecule has 18 heavy (non-hydrogen) atoms. The second-order valence-electron chi connectivity index (χ2n) is 3.88. The van der Waals surface area contributed by atoms with E-state index in [0.717, 1.165) is 23.0 Å². The molecule has 1 heterocycles. The van der Waals surface area contributed by atoms with Crippen molar-refractivity contribution in [2.24, 2.45) is 5.10 Å². The van der Waals surface area contributed by atoms with E-state index in [2.05, 4.69) is 10.4 Å². The molecule has 1 aromatic carbocycles. The van der Waals surface area contributed by atoms with Crippen molar-refractivity contribution >= 4 is 34.3 Å². The number of rotatable bonds is 2. The van der Waals surface area contributed by atoms with Crippen molar-refractivity contribution in [2.45, 2.75) is 6.92 Å². The average Bonchev–Trinajstić information content (AvgIpc) is 2.35. The molecule has 6 heteroatoms. The summed E-state index contributed by atoms with van der Waals surface area (Å²) >= 11 is 1.16. The maximum atomic E-state index is 12.0. The number of hydrazone groups is 1. The molecule has 0 atom stereocenters. The van der Waals surface area contributed by atoms with E-state index >= 15 is 0 Å². The summed E-state index contributed by atoms with van der Waals surface area (Å²) < 4.78 is 0. The number of hydrogen-bond acceptors (Lipinski definition) is 4. The van der Waals surface area contributed by atoms with E-state index in [1.165, 1.54) is 5.01 Å². The second-order valence-corrected chi connectivity index (χ2v) is 4.84. The van der Waals surface area contributed by atoms with E-state index in [-0.39, 0.29) is 17.6 Å². The summed E-state index contributed by atoms with van der Waals surface area (Å²) in [7, 11) is 1.54. The van der Waals surface area contributed by atoms with E-state index in [4.69, 9.17) is 0 Å². The number of anilines is 1. The molecule has 1 aromatic rings. The van der Waals surface area contributed by atoms with Gasteiger partial charge in [0.15, 0.2) is 5.04 Å². The third-order valence-corrected chi connectivity index (χ3v) is 3.45. The number of amides is 2. The Hall–Kier alpha value is -1.82. The first kappa shape index (κ1) is 12.6. The van der Waals surface area contributed by atoms with E-state index in [1.807, 2.05) is 31.2 Å². The molecule has 0 saturated heterocycles. The van der Waals surface area contributed by atoms with Crippen molar-refractivity contribution in [3.63, 3.8) is 0 Å². The highest BCUT2D eigenvalue weighted by Crippen LogP contribution is 2.17. The van der Waals surface area contributed by atoms with Gasteiger partial charge in [-0.25, -0.2) is 5.01 Å². The van der Waals surface area contributed by atoms with Gasteiger partial charge in [0.25, 0.3) is 11.8 Å². The zero-order valence-corrected chi connectivity index (χ0v) is 11.0. The average molecular weight is 263 g/mol. The lowest BCUT2D eigenvalue weighted by atomic mass is 10.2. The third kappa shape index (κ3) is 2.70. The zero-order chi connectivity index (χ0) is 13.1. The van der Waals surface area contributed by atoms with Crippen molar-refractivity contribution in [3.05, 3.63) is 29.8 Å². The highest BCUT2D eigenvalue weighted by molar-refractivity contribution is 8.16. The summed E-state index contributed by atoms with van der Waals surface area (Å²) in [6, 6.07) is 7.51. The molecule has 2 amide bonds. The minimum Gasteiger partial charge on any atom is -0.320 e. The number of hydrogen-bond donors (Lipinski definition) is 1. The number of nitrogens with one attached hydrogen (secondary N) is 1. The minimum absolute atomic E-state index is 0.104. The summed E-state index contributed by atoms with van der Waals surface area (Å²) in [4.78, 5) is 23.2. The Morgan fingerprint density at radius 3 is 2.83 bits per heavy atom. The number of nitrogens with zero attached hydrogens (tertiary/aromatic N) is 2. The Labute approximate surface area is 109 Å². The lowest BCUT2D eigenvalue weighted by Gasteiger charge is -2.18. The molecule has 5 nitrogen and oxygen atoms in total. The molecule has 1 aliphatic rings. The predicted octanol–water partition coefficient (Wildman–Crippen LogP) is 1.45. The quantitative estimate of drug-likeness (QED) is 0.878. The number of carbonyl (C=O) groups excluding carboxylic acids is 2. The smallest absolute Gasteiger partial charge is 0.282 e. The molecule has 0 saturated carbocycles. The molecule has 94 valence electrons. The van der Waals surface area contributed by atoms with Gasteiger partial charge < -0.3 is 5.32 Å². The standard InChI is InChI=1S/C12H13N3O2S/c1-8-5-3-4-6-9(8)13-11(17)12-14-15(2)10(16)7-18-12/h3-6H,7H2,1-2H3,(H,13,17). The maximum Gasteiger partial charge on any atom is 0.282 e. The zero-order valence-electron chi connectivity index (χ0n) is 10.1. The predicted molar refractivity (Wildman–Crippen MR) is 72.5 cm³/mol. The number of carbonyl (C=O) groups is 2. The van der Waals surface area contributed by atoms with Crippen LogP contribution in [0.1, 0.15) is 5.56 Å². The Balaban J connectivity index is 2.12. The molecule has 0 spiro atoms. The summed E-state index contributed by atoms with van der Waals surface area (Å²) in [6.07, 6.45) is 0. The van der Waals surface area contributed by atoms with Crippen LogP contribution in [0.2, 0.25) is 0 Å². The van der Waals surface area contributed by atoms with Crippen LogP contribution < -0.4 is 5.32 Å². The molecular formula is C12H13N3O2S. The van der Waals surface area contributed by atoms with Gasteiger partial charge in [0.05, 0.1) is 5.75 Å². The minimum atomic E-state index is -0.284. The number of para-hydroxylation sites is 1. The van der Waals surface area contributed by atoms with Gasteiger partial charge in [-0.1, -0.05) is 30.0 Å². The Morgan fingerprint density at radius 2 is 2.17 bits per heavy atom. The molecule has 0 aliphatic carbocycles. The summed E-state index contributed by atoms with van der Waals surface area (Å²) in [5.41, 5.74) is 1.74. The molecule has 0 bridgehead atoms. The normalized spacial score (nSPS) is 15.3. The molecule has 1 aliphatic heterocycles. The maximum absolute atomic E-state index is 12.0. The number of aryl methyl sites for hydroxylation is 1. The first-order valence-corrected chi connectivity index (χ1v) is 6.41. The van der Waals surface area contributed by atoms with Gasteiger partial charge >= 0.3 is 0 Å². The highest BCUT2D eigenvalue weighted by Gasteiger charge is 2.22. The van der Waals surface area contributed by atoms with Gasteiger partial charge in [-0.05, 0) is 18.6 Å². The van der Waals surface area contributed by atoms with Crippen LogP contribution in [0.4, 0.5) is 5.69 Å². The number of thioether (sulfide) groups is 1. The largest absolute Gasteiger partial charge is 0.320 e. The van der Waals surface area contributed by atoms with Crippen LogP contribution in [0.15, 0.2) is 29.4 Å². The van der Waals surface area contributed by atoms with Crippen molar-refractivity contribution in [2.75, 3.05) is 18.1 Å². The van der Waals surface area contributed by atoms with Crippen molar-refractivity contribution in [3.8, 4) is 0 Å². The van der Waals surface area contributed by atoms with Crippen LogP contribution in [0.25, 0.3) is 0 Å². The van der Waals surface area contributed by atoms with Crippen LogP contribution >= 0.6 is 11.8 Å². The van der Waals surface area contributed by atoms with E-state index in [1.54, 1.807) is 7.05 Å². The Kier molecular flexibility index (Phi) is 3.66. The second kappa shape index (κ2) is 5.22. The molecule has 0 aromatic heterocycles. The van der Waals surface area contributed by atoms with E-state index in [0.29, 0.717) is 5.04 Å². The molecule has 0 unspecified atom stereocenters. The van der Waals surface area contributed by atoms with Crippen molar-refractivity contribution in [1.82, 2.24) is 5.01 Å². The summed E-state index contributed by atoms with van der Waals surface area (Å²) in [6.45, 7) is 1.92. The first-order valence-electron chi connectivity index (χ1n) is 5.43. The first-order chi connectivity index (χ1) is 8.58. The lowest BCUT2D eigenvalue weighted by Crippen LogP contribution is -2.33. The lowest BCUT2D eigenvalue weighted by molar-refractivity contribution is -0.127. The Morgan fingerprint density at radius 1 is 1.44 bits per heavy atom. The summed E-state index contributed by atoms with van der Waals surface area (Å²) in [5.74, 6) is -0.141. The molecular weight excluding hydrogens is 250 g/mol. The van der Waals surface area contributed by atoms with Crippen LogP contribution in [-0.2, 0) is 9.59 Å². The van der Waals surface area contributed by atoms with Crippen molar-refractivity contribution in [1.29, 1.82) is 0 Å². The molecule has 2 rings (SSSR count). The van der Waals surface area contributed by atoms with Crippen molar-refractivity contribution < 1.29 is 9.59 Å². The van der Waals surface area contributed by atoms with E-state index in [9.17, 15) is 9.59 Å². The molecule has 1 N–H and O–H groups in total. The van der Waals surface area contributed by atoms with Crippen LogP contribution in [0, 0.1) is 6.92 Å². The Bertz CT molecular complexity index is 528.